The van der Waals surface area contributed by atoms with Crippen LogP contribution in [0.5, 0.6) is 0 Å². The van der Waals surface area contributed by atoms with Gasteiger partial charge in [0.15, 0.2) is 0 Å². The first-order chi connectivity index (χ1) is 9.95. The van der Waals surface area contributed by atoms with E-state index in [2.05, 4.69) is 10.6 Å². The van der Waals surface area contributed by atoms with Crippen molar-refractivity contribution >= 4 is 39.8 Å². The van der Waals surface area contributed by atoms with E-state index < -0.39 is 5.97 Å². The van der Waals surface area contributed by atoms with E-state index in [1.54, 1.807) is 12.1 Å². The second-order valence-electron chi connectivity index (χ2n) is 4.18. The fraction of sp³-hybridized carbons (Fsp3) is 0.0714. The highest BCUT2D eigenvalue weighted by atomic mass is 32.1. The zero-order valence-corrected chi connectivity index (χ0v) is 11.9. The molecule has 0 radical (unpaired) electrons. The summed E-state index contributed by atoms with van der Waals surface area (Å²) in [5.41, 5.74) is 0.650. The molecule has 7 heteroatoms. The summed E-state index contributed by atoms with van der Waals surface area (Å²) in [4.78, 5) is 34.1. The summed E-state index contributed by atoms with van der Waals surface area (Å²) in [5.74, 6) is -1.54. The standard InChI is InChI=1S/C14H12N2O4S/c1-8(17)15-12-7-6-11(21-12)13(18)16-10-4-2-9(3-5-10)14(19)20/h2-7H,1H3,(H,15,17)(H,16,18)(H,19,20). The third-order valence-electron chi connectivity index (χ3n) is 2.52. The number of hydrogen-bond donors (Lipinski definition) is 3. The van der Waals surface area contributed by atoms with Crippen LogP contribution in [-0.4, -0.2) is 22.9 Å². The normalized spacial score (nSPS) is 9.95. The lowest BCUT2D eigenvalue weighted by atomic mass is 10.2. The van der Waals surface area contributed by atoms with Crippen molar-refractivity contribution in [1.82, 2.24) is 0 Å². The van der Waals surface area contributed by atoms with Gasteiger partial charge in [0.1, 0.15) is 0 Å². The minimum absolute atomic E-state index is 0.150. The van der Waals surface area contributed by atoms with Gasteiger partial charge in [-0.25, -0.2) is 4.79 Å². The van der Waals surface area contributed by atoms with Crippen molar-refractivity contribution in [1.29, 1.82) is 0 Å². The van der Waals surface area contributed by atoms with Gasteiger partial charge < -0.3 is 15.7 Å². The lowest BCUT2D eigenvalue weighted by molar-refractivity contribution is -0.114. The van der Waals surface area contributed by atoms with Gasteiger partial charge in [0, 0.05) is 12.6 Å². The Morgan fingerprint density at radius 3 is 2.24 bits per heavy atom. The van der Waals surface area contributed by atoms with Crippen LogP contribution in [-0.2, 0) is 4.79 Å². The van der Waals surface area contributed by atoms with Gasteiger partial charge in [-0.05, 0) is 36.4 Å². The van der Waals surface area contributed by atoms with Gasteiger partial charge in [-0.3, -0.25) is 9.59 Å². The SMILES string of the molecule is CC(=O)Nc1ccc(C(=O)Nc2ccc(C(=O)O)cc2)s1. The lowest BCUT2D eigenvalue weighted by Crippen LogP contribution is -2.10. The first kappa shape index (κ1) is 14.7. The maximum atomic E-state index is 12.0. The number of carbonyl (C=O) groups is 3. The molecule has 0 aliphatic carbocycles. The van der Waals surface area contributed by atoms with Crippen LogP contribution in [0.2, 0.25) is 0 Å². The molecule has 0 aliphatic heterocycles. The Hall–Kier alpha value is -2.67. The van der Waals surface area contributed by atoms with Crippen LogP contribution in [0, 0.1) is 0 Å². The molecule has 21 heavy (non-hydrogen) atoms. The first-order valence-electron chi connectivity index (χ1n) is 5.98. The molecule has 0 bridgehead atoms. The van der Waals surface area contributed by atoms with Gasteiger partial charge >= 0.3 is 5.97 Å². The topological polar surface area (TPSA) is 95.5 Å². The van der Waals surface area contributed by atoms with Gasteiger partial charge in [0.25, 0.3) is 5.91 Å². The number of rotatable bonds is 4. The summed E-state index contributed by atoms with van der Waals surface area (Å²) in [6.45, 7) is 1.39. The second kappa shape index (κ2) is 6.19. The molecular weight excluding hydrogens is 292 g/mol. The second-order valence-corrected chi connectivity index (χ2v) is 5.27. The number of carbonyl (C=O) groups excluding carboxylic acids is 2. The molecule has 0 spiro atoms. The van der Waals surface area contributed by atoms with Crippen molar-refractivity contribution in [3.63, 3.8) is 0 Å². The zero-order valence-electron chi connectivity index (χ0n) is 11.0. The lowest BCUT2D eigenvalue weighted by Gasteiger charge is -2.03. The number of amides is 2. The van der Waals surface area contributed by atoms with Crippen LogP contribution >= 0.6 is 11.3 Å². The molecule has 6 nitrogen and oxygen atoms in total. The van der Waals surface area contributed by atoms with E-state index in [1.807, 2.05) is 0 Å². The van der Waals surface area contributed by atoms with Crippen LogP contribution in [0.3, 0.4) is 0 Å². The summed E-state index contributed by atoms with van der Waals surface area (Å²) in [7, 11) is 0. The summed E-state index contributed by atoms with van der Waals surface area (Å²) in [6, 6.07) is 9.11. The Bertz CT molecular complexity index is 691. The number of anilines is 2. The Morgan fingerprint density at radius 2 is 1.67 bits per heavy atom. The Kier molecular flexibility index (Phi) is 4.34. The molecule has 1 heterocycles. The summed E-state index contributed by atoms with van der Waals surface area (Å²) in [6.07, 6.45) is 0. The molecule has 0 saturated heterocycles. The smallest absolute Gasteiger partial charge is 0.335 e. The first-order valence-corrected chi connectivity index (χ1v) is 6.79. The molecular formula is C14H12N2O4S. The van der Waals surface area contributed by atoms with E-state index in [0.717, 1.165) is 11.3 Å². The molecule has 2 amide bonds. The Morgan fingerprint density at radius 1 is 1.00 bits per heavy atom. The maximum Gasteiger partial charge on any atom is 0.335 e. The van der Waals surface area contributed by atoms with Crippen molar-refractivity contribution < 1.29 is 19.5 Å². The molecule has 0 atom stereocenters. The van der Waals surface area contributed by atoms with Crippen LogP contribution in [0.1, 0.15) is 27.0 Å². The minimum atomic E-state index is -1.02. The van der Waals surface area contributed by atoms with E-state index in [4.69, 9.17) is 5.11 Å². The number of carboxylic acids is 1. The molecule has 1 aromatic carbocycles. The van der Waals surface area contributed by atoms with E-state index in [9.17, 15) is 14.4 Å². The van der Waals surface area contributed by atoms with E-state index in [1.165, 1.54) is 31.2 Å². The summed E-state index contributed by atoms with van der Waals surface area (Å²) >= 11 is 1.16. The van der Waals surface area contributed by atoms with Crippen molar-refractivity contribution in [3.8, 4) is 0 Å². The predicted molar refractivity (Wildman–Crippen MR) is 80.0 cm³/mol. The van der Waals surface area contributed by atoms with Crippen molar-refractivity contribution in [3.05, 3.63) is 46.8 Å². The predicted octanol–water partition coefficient (Wildman–Crippen LogP) is 2.66. The third kappa shape index (κ3) is 3.90. The quantitative estimate of drug-likeness (QED) is 0.809. The van der Waals surface area contributed by atoms with Crippen molar-refractivity contribution in [2.75, 3.05) is 10.6 Å². The number of carboxylic acid groups (broad SMARTS) is 1. The zero-order chi connectivity index (χ0) is 15.4. The van der Waals surface area contributed by atoms with E-state index in [-0.39, 0.29) is 17.4 Å². The average Bonchev–Trinajstić information content (AvgIpc) is 2.87. The molecule has 0 unspecified atom stereocenters. The maximum absolute atomic E-state index is 12.0. The highest BCUT2D eigenvalue weighted by Gasteiger charge is 2.10. The molecule has 0 aliphatic rings. The molecule has 1 aromatic heterocycles. The van der Waals surface area contributed by atoms with Gasteiger partial charge in [-0.2, -0.15) is 0 Å². The minimum Gasteiger partial charge on any atom is -0.478 e. The van der Waals surface area contributed by atoms with Gasteiger partial charge in [-0.15, -0.1) is 11.3 Å². The number of aromatic carboxylic acids is 1. The average molecular weight is 304 g/mol. The fourth-order valence-corrected chi connectivity index (χ4v) is 2.44. The van der Waals surface area contributed by atoms with Crippen LogP contribution in [0.15, 0.2) is 36.4 Å². The highest BCUT2D eigenvalue weighted by molar-refractivity contribution is 7.18. The highest BCUT2D eigenvalue weighted by Crippen LogP contribution is 2.23. The Balaban J connectivity index is 2.05. The number of hydrogen-bond acceptors (Lipinski definition) is 4. The molecule has 108 valence electrons. The molecule has 2 rings (SSSR count). The molecule has 0 fully saturated rings. The number of thiophene rings is 1. The van der Waals surface area contributed by atoms with Gasteiger partial charge in [-0.1, -0.05) is 0 Å². The van der Waals surface area contributed by atoms with E-state index >= 15 is 0 Å². The third-order valence-corrected chi connectivity index (χ3v) is 3.52. The molecule has 2 aromatic rings. The van der Waals surface area contributed by atoms with Crippen LogP contribution in [0.4, 0.5) is 10.7 Å². The number of nitrogens with one attached hydrogen (secondary N) is 2. The molecule has 0 saturated carbocycles. The van der Waals surface area contributed by atoms with Gasteiger partial charge in [0.2, 0.25) is 5.91 Å². The van der Waals surface area contributed by atoms with Crippen LogP contribution < -0.4 is 10.6 Å². The summed E-state index contributed by atoms with van der Waals surface area (Å²) < 4.78 is 0. The van der Waals surface area contributed by atoms with Crippen molar-refractivity contribution in [2.45, 2.75) is 6.92 Å². The summed E-state index contributed by atoms with van der Waals surface area (Å²) in [5, 5.41) is 14.6. The fourth-order valence-electron chi connectivity index (χ4n) is 1.59. The van der Waals surface area contributed by atoms with Gasteiger partial charge in [0.05, 0.1) is 15.4 Å². The van der Waals surface area contributed by atoms with E-state index in [0.29, 0.717) is 15.6 Å². The largest absolute Gasteiger partial charge is 0.478 e. The number of benzene rings is 1. The molecule has 3 N–H and O–H groups in total. The van der Waals surface area contributed by atoms with Crippen molar-refractivity contribution in [2.24, 2.45) is 0 Å². The monoisotopic (exact) mass is 304 g/mol. The van der Waals surface area contributed by atoms with Crippen LogP contribution in [0.25, 0.3) is 0 Å². The Labute approximate surface area is 124 Å².